The van der Waals surface area contributed by atoms with E-state index in [9.17, 15) is 13.2 Å². The highest BCUT2D eigenvalue weighted by Crippen LogP contribution is 2.29. The molecule has 0 bridgehead atoms. The fourth-order valence-electron chi connectivity index (χ4n) is 4.05. The number of aromatic nitrogens is 1. The Hall–Kier alpha value is -3.69. The van der Waals surface area contributed by atoms with Gasteiger partial charge < -0.3 is 19.8 Å². The first-order valence-corrected chi connectivity index (χ1v) is 13.1. The van der Waals surface area contributed by atoms with E-state index in [0.717, 1.165) is 22.0 Å². The monoisotopic (exact) mass is 527 g/mol. The topological polar surface area (TPSA) is 113 Å². The van der Waals surface area contributed by atoms with Crippen LogP contribution in [0, 0.1) is 0 Å². The predicted molar refractivity (Wildman–Crippen MR) is 140 cm³/mol. The normalized spacial score (nSPS) is 11.4. The lowest BCUT2D eigenvalue weighted by Gasteiger charge is -2.13. The fraction of sp³-hybridized carbons (Fsp3) is 0.192. The van der Waals surface area contributed by atoms with Gasteiger partial charge in [0.1, 0.15) is 23.0 Å². The highest BCUT2D eigenvalue weighted by atomic mass is 35.5. The van der Waals surface area contributed by atoms with Crippen LogP contribution >= 0.6 is 11.6 Å². The van der Waals surface area contributed by atoms with Crippen molar-refractivity contribution in [1.29, 1.82) is 0 Å². The molecule has 36 heavy (non-hydrogen) atoms. The maximum absolute atomic E-state index is 12.9. The van der Waals surface area contributed by atoms with E-state index in [1.807, 2.05) is 36.0 Å². The number of hydrogen-bond acceptors (Lipinski definition) is 6. The minimum Gasteiger partial charge on any atom is -0.496 e. The number of nitrogens with two attached hydrogens (primary N) is 1. The van der Waals surface area contributed by atoms with Crippen LogP contribution in [0.25, 0.3) is 10.9 Å². The van der Waals surface area contributed by atoms with Crippen LogP contribution < -0.4 is 19.9 Å². The first-order valence-electron chi connectivity index (χ1n) is 11.1. The predicted octanol–water partition coefficient (Wildman–Crippen LogP) is 4.10. The average molecular weight is 528 g/mol. The smallest absolute Gasteiger partial charge is 0.268 e. The SMILES string of the molecule is COc1cc(C(=O)NS(=O)(=O)c2ccccc2OCCCl)ccc1Cc1cn(C)c2ccc(N)cc12. The molecule has 0 aliphatic rings. The molecule has 0 saturated heterocycles. The van der Waals surface area contributed by atoms with E-state index in [1.165, 1.54) is 25.3 Å². The lowest BCUT2D eigenvalue weighted by Crippen LogP contribution is -2.31. The van der Waals surface area contributed by atoms with Gasteiger partial charge in [-0.1, -0.05) is 18.2 Å². The van der Waals surface area contributed by atoms with Crippen molar-refractivity contribution in [2.24, 2.45) is 7.05 Å². The summed E-state index contributed by atoms with van der Waals surface area (Å²) in [6, 6.07) is 16.7. The van der Waals surface area contributed by atoms with E-state index in [-0.39, 0.29) is 28.7 Å². The number of benzene rings is 3. The zero-order chi connectivity index (χ0) is 25.9. The van der Waals surface area contributed by atoms with Crippen LogP contribution in [0.5, 0.6) is 11.5 Å². The number of nitrogens with one attached hydrogen (secondary N) is 1. The van der Waals surface area contributed by atoms with E-state index in [4.69, 9.17) is 26.8 Å². The van der Waals surface area contributed by atoms with Crippen LogP contribution in [0.2, 0.25) is 0 Å². The van der Waals surface area contributed by atoms with Crippen LogP contribution in [0.1, 0.15) is 21.5 Å². The third kappa shape index (κ3) is 5.27. The number of amides is 1. The van der Waals surface area contributed by atoms with Gasteiger partial charge in [0.15, 0.2) is 0 Å². The maximum Gasteiger partial charge on any atom is 0.268 e. The second-order valence-corrected chi connectivity index (χ2v) is 10.2. The number of nitrogen functional groups attached to an aromatic ring is 1. The summed E-state index contributed by atoms with van der Waals surface area (Å²) in [5, 5.41) is 1.03. The molecule has 188 valence electrons. The van der Waals surface area contributed by atoms with Crippen LogP contribution in [0.4, 0.5) is 5.69 Å². The molecule has 8 nitrogen and oxygen atoms in total. The summed E-state index contributed by atoms with van der Waals surface area (Å²) in [6.07, 6.45) is 2.57. The Morgan fingerprint density at radius 3 is 2.58 bits per heavy atom. The molecular weight excluding hydrogens is 502 g/mol. The van der Waals surface area contributed by atoms with Crippen molar-refractivity contribution in [3.63, 3.8) is 0 Å². The third-order valence-electron chi connectivity index (χ3n) is 5.73. The number of rotatable bonds is 9. The van der Waals surface area contributed by atoms with Gasteiger partial charge in [-0.15, -0.1) is 11.6 Å². The van der Waals surface area contributed by atoms with Crippen molar-refractivity contribution in [2.75, 3.05) is 25.3 Å². The van der Waals surface area contributed by atoms with Gasteiger partial charge in [-0.05, 0) is 53.6 Å². The van der Waals surface area contributed by atoms with E-state index in [1.54, 1.807) is 24.3 Å². The number of carbonyl (C=O) groups is 1. The number of fused-ring (bicyclic) bond motifs is 1. The zero-order valence-electron chi connectivity index (χ0n) is 19.8. The molecule has 3 N–H and O–H groups in total. The van der Waals surface area contributed by atoms with Gasteiger partial charge in [0, 0.05) is 41.8 Å². The summed E-state index contributed by atoms with van der Waals surface area (Å²) >= 11 is 5.65. The Balaban J connectivity index is 1.59. The first kappa shape index (κ1) is 25.4. The van der Waals surface area contributed by atoms with Crippen LogP contribution in [-0.2, 0) is 23.5 Å². The molecular formula is C26H26ClN3O5S. The van der Waals surface area contributed by atoms with E-state index in [0.29, 0.717) is 17.9 Å². The van der Waals surface area contributed by atoms with E-state index < -0.39 is 15.9 Å². The molecule has 1 heterocycles. The third-order valence-corrected chi connectivity index (χ3v) is 7.25. The van der Waals surface area contributed by atoms with Gasteiger partial charge in [-0.2, -0.15) is 0 Å². The van der Waals surface area contributed by atoms with Crippen LogP contribution in [0.15, 0.2) is 71.8 Å². The molecule has 1 amide bonds. The molecule has 0 atom stereocenters. The van der Waals surface area contributed by atoms with E-state index in [2.05, 4.69) is 4.72 Å². The lowest BCUT2D eigenvalue weighted by molar-refractivity contribution is 0.0981. The molecule has 0 aliphatic heterocycles. The zero-order valence-corrected chi connectivity index (χ0v) is 21.4. The molecule has 4 rings (SSSR count). The van der Waals surface area contributed by atoms with Gasteiger partial charge in [-0.3, -0.25) is 4.79 Å². The molecule has 10 heteroatoms. The van der Waals surface area contributed by atoms with E-state index >= 15 is 0 Å². The Morgan fingerprint density at radius 1 is 1.06 bits per heavy atom. The molecule has 0 spiro atoms. The minimum atomic E-state index is -4.20. The second kappa shape index (κ2) is 10.5. The molecule has 0 radical (unpaired) electrons. The van der Waals surface area contributed by atoms with Crippen molar-refractivity contribution < 1.29 is 22.7 Å². The van der Waals surface area contributed by atoms with Crippen molar-refractivity contribution >= 4 is 44.1 Å². The summed E-state index contributed by atoms with van der Waals surface area (Å²) in [5.41, 5.74) is 9.74. The number of sulfonamides is 1. The molecule has 1 aromatic heterocycles. The second-order valence-electron chi connectivity index (χ2n) is 8.16. The number of aryl methyl sites for hydroxylation is 1. The van der Waals surface area contributed by atoms with Gasteiger partial charge in [0.05, 0.1) is 13.0 Å². The number of alkyl halides is 1. The lowest BCUT2D eigenvalue weighted by atomic mass is 10.0. The first-order chi connectivity index (χ1) is 17.2. The molecule has 0 aliphatic carbocycles. The molecule has 0 unspecified atom stereocenters. The number of carbonyl (C=O) groups excluding carboxylic acids is 1. The summed E-state index contributed by atoms with van der Waals surface area (Å²) < 4.78 is 40.9. The Bertz CT molecular complexity index is 1530. The van der Waals surface area contributed by atoms with Crippen molar-refractivity contribution in [3.05, 3.63) is 83.6 Å². The summed E-state index contributed by atoms with van der Waals surface area (Å²) in [5.74, 6) is -0.0159. The minimum absolute atomic E-state index is 0.113. The molecule has 4 aromatic rings. The highest BCUT2D eigenvalue weighted by molar-refractivity contribution is 7.90. The standard InChI is InChI=1S/C26H26ClN3O5S/c1-30-16-19(21-15-20(28)9-10-22(21)30)13-17-7-8-18(14-24(17)34-2)26(31)29-36(32,33)25-6-4-3-5-23(25)35-12-11-27/h3-10,14-16H,11-13,28H2,1-2H3,(H,29,31). The number of anilines is 1. The van der Waals surface area contributed by atoms with Crippen molar-refractivity contribution in [3.8, 4) is 11.5 Å². The Labute approximate surface area is 214 Å². The number of nitrogens with zero attached hydrogens (tertiary/aromatic N) is 1. The van der Waals surface area contributed by atoms with Gasteiger partial charge >= 0.3 is 0 Å². The highest BCUT2D eigenvalue weighted by Gasteiger charge is 2.23. The largest absolute Gasteiger partial charge is 0.496 e. The number of ether oxygens (including phenoxy) is 2. The van der Waals surface area contributed by atoms with Crippen LogP contribution in [-0.4, -0.2) is 38.5 Å². The molecule has 0 fully saturated rings. The Morgan fingerprint density at radius 2 is 1.83 bits per heavy atom. The summed E-state index contributed by atoms with van der Waals surface area (Å²) in [6.45, 7) is 0.129. The van der Waals surface area contributed by atoms with Crippen molar-refractivity contribution in [2.45, 2.75) is 11.3 Å². The summed E-state index contributed by atoms with van der Waals surface area (Å²) in [4.78, 5) is 12.7. The fourth-order valence-corrected chi connectivity index (χ4v) is 5.24. The number of halogens is 1. The number of methoxy groups -OCH3 is 1. The average Bonchev–Trinajstić information content (AvgIpc) is 3.16. The number of hydrogen-bond donors (Lipinski definition) is 2. The molecule has 0 saturated carbocycles. The van der Waals surface area contributed by atoms with Gasteiger partial charge in [-0.25, -0.2) is 13.1 Å². The van der Waals surface area contributed by atoms with Crippen molar-refractivity contribution in [1.82, 2.24) is 9.29 Å². The maximum atomic E-state index is 12.9. The molecule has 3 aromatic carbocycles. The van der Waals surface area contributed by atoms with Gasteiger partial charge in [0.25, 0.3) is 15.9 Å². The van der Waals surface area contributed by atoms with Gasteiger partial charge in [0.2, 0.25) is 0 Å². The Kier molecular flexibility index (Phi) is 7.42. The van der Waals surface area contributed by atoms with Crippen LogP contribution in [0.3, 0.4) is 0 Å². The summed E-state index contributed by atoms with van der Waals surface area (Å²) in [7, 11) is -0.729. The number of para-hydroxylation sites is 1. The quantitative estimate of drug-likeness (QED) is 0.250.